The first-order valence-electron chi connectivity index (χ1n) is 8.97. The summed E-state index contributed by atoms with van der Waals surface area (Å²) in [5, 5.41) is 0. The van der Waals surface area contributed by atoms with Crippen molar-refractivity contribution in [1.82, 2.24) is 19.1 Å². The standard InChI is InChI=1S/C18H26N4O4/c23-17(5-9-21-11-7-19-15-21)25-13-3-1-2-4-14-26-18(24)6-10-22-12-8-20-16-22/h7-8,11-12,15-16H,1-6,9-10,13-14H2. The molecule has 0 aliphatic heterocycles. The molecule has 0 bridgehead atoms. The first-order chi connectivity index (χ1) is 12.7. The molecular weight excluding hydrogens is 336 g/mol. The fourth-order valence-electron chi connectivity index (χ4n) is 2.35. The van der Waals surface area contributed by atoms with Crippen LogP contribution in [-0.2, 0) is 32.2 Å². The number of hydrogen-bond acceptors (Lipinski definition) is 6. The molecule has 2 aromatic heterocycles. The number of hydrogen-bond donors (Lipinski definition) is 0. The lowest BCUT2D eigenvalue weighted by atomic mass is 10.2. The smallest absolute Gasteiger partial charge is 0.307 e. The molecule has 0 aliphatic rings. The van der Waals surface area contributed by atoms with Crippen molar-refractivity contribution in [1.29, 1.82) is 0 Å². The summed E-state index contributed by atoms with van der Waals surface area (Å²) < 4.78 is 14.1. The average molecular weight is 362 g/mol. The highest BCUT2D eigenvalue weighted by Crippen LogP contribution is 2.03. The van der Waals surface area contributed by atoms with Crippen LogP contribution < -0.4 is 0 Å². The summed E-state index contributed by atoms with van der Waals surface area (Å²) in [6, 6.07) is 0. The van der Waals surface area contributed by atoms with Gasteiger partial charge in [-0.2, -0.15) is 0 Å². The minimum atomic E-state index is -0.189. The Balaban J connectivity index is 1.36. The molecule has 142 valence electrons. The molecule has 8 nitrogen and oxygen atoms in total. The monoisotopic (exact) mass is 362 g/mol. The molecule has 0 fully saturated rings. The minimum Gasteiger partial charge on any atom is -0.466 e. The molecule has 0 spiro atoms. The van der Waals surface area contributed by atoms with Crippen LogP contribution in [0.2, 0.25) is 0 Å². The Morgan fingerprint density at radius 3 is 1.58 bits per heavy atom. The Hall–Kier alpha value is -2.64. The maximum absolute atomic E-state index is 11.6. The van der Waals surface area contributed by atoms with Gasteiger partial charge in [0.05, 0.1) is 38.7 Å². The Morgan fingerprint density at radius 1 is 0.731 bits per heavy atom. The van der Waals surface area contributed by atoms with Crippen LogP contribution >= 0.6 is 0 Å². The molecule has 2 heterocycles. The molecule has 26 heavy (non-hydrogen) atoms. The molecule has 0 aromatic carbocycles. The van der Waals surface area contributed by atoms with Crippen molar-refractivity contribution in [3.8, 4) is 0 Å². The number of carbonyl (C=O) groups is 2. The number of unbranched alkanes of at least 4 members (excludes halogenated alkanes) is 3. The van der Waals surface area contributed by atoms with Gasteiger partial charge in [-0.05, 0) is 25.7 Å². The number of rotatable bonds is 13. The molecule has 0 aliphatic carbocycles. The fourth-order valence-corrected chi connectivity index (χ4v) is 2.35. The van der Waals surface area contributed by atoms with Crippen molar-refractivity contribution in [3.05, 3.63) is 37.4 Å². The second kappa shape index (κ2) is 11.8. The number of imidazole rings is 2. The van der Waals surface area contributed by atoms with Crippen LogP contribution in [0.3, 0.4) is 0 Å². The number of carbonyl (C=O) groups excluding carboxylic acids is 2. The summed E-state index contributed by atoms with van der Waals surface area (Å²) in [6.07, 6.45) is 14.6. The van der Waals surface area contributed by atoms with E-state index in [4.69, 9.17) is 9.47 Å². The topological polar surface area (TPSA) is 88.2 Å². The zero-order chi connectivity index (χ0) is 18.5. The first-order valence-corrected chi connectivity index (χ1v) is 8.97. The third-order valence-electron chi connectivity index (χ3n) is 3.83. The van der Waals surface area contributed by atoms with Gasteiger partial charge in [-0.1, -0.05) is 0 Å². The van der Waals surface area contributed by atoms with Gasteiger partial charge in [-0.3, -0.25) is 9.59 Å². The normalized spacial score (nSPS) is 10.6. The van der Waals surface area contributed by atoms with Crippen molar-refractivity contribution in [2.45, 2.75) is 51.6 Å². The van der Waals surface area contributed by atoms with Crippen LogP contribution in [0, 0.1) is 0 Å². The van der Waals surface area contributed by atoms with Crippen molar-refractivity contribution in [3.63, 3.8) is 0 Å². The average Bonchev–Trinajstić information content (AvgIpc) is 3.34. The lowest BCUT2D eigenvalue weighted by molar-refractivity contribution is -0.145. The Kier molecular flexibility index (Phi) is 8.96. The molecular formula is C18H26N4O4. The van der Waals surface area contributed by atoms with Gasteiger partial charge in [0.1, 0.15) is 0 Å². The van der Waals surface area contributed by atoms with E-state index in [0.29, 0.717) is 39.1 Å². The lowest BCUT2D eigenvalue weighted by Gasteiger charge is -2.06. The number of aryl methyl sites for hydroxylation is 2. The summed E-state index contributed by atoms with van der Waals surface area (Å²) in [6.45, 7) is 2.05. The lowest BCUT2D eigenvalue weighted by Crippen LogP contribution is -2.10. The minimum absolute atomic E-state index is 0.189. The van der Waals surface area contributed by atoms with Gasteiger partial charge in [-0.15, -0.1) is 0 Å². The number of ether oxygens (including phenoxy) is 2. The highest BCUT2D eigenvalue weighted by molar-refractivity contribution is 5.69. The van der Waals surface area contributed by atoms with Crippen LogP contribution in [0.5, 0.6) is 0 Å². The van der Waals surface area contributed by atoms with Crippen molar-refractivity contribution in [2.24, 2.45) is 0 Å². The zero-order valence-corrected chi connectivity index (χ0v) is 15.0. The van der Waals surface area contributed by atoms with Crippen molar-refractivity contribution >= 4 is 11.9 Å². The molecule has 0 unspecified atom stereocenters. The van der Waals surface area contributed by atoms with E-state index in [2.05, 4.69) is 9.97 Å². The SMILES string of the molecule is O=C(CCn1ccnc1)OCCCCCCOC(=O)CCn1ccnc1. The molecule has 0 atom stereocenters. The summed E-state index contributed by atoms with van der Waals surface area (Å²) >= 11 is 0. The maximum atomic E-state index is 11.6. The summed E-state index contributed by atoms with van der Waals surface area (Å²) in [5.74, 6) is -0.379. The predicted octanol–water partition coefficient (Wildman–Crippen LogP) is 2.21. The second-order valence-electron chi connectivity index (χ2n) is 5.96. The van der Waals surface area contributed by atoms with Crippen LogP contribution in [0.1, 0.15) is 38.5 Å². The molecule has 2 aromatic rings. The summed E-state index contributed by atoms with van der Waals surface area (Å²) in [4.78, 5) is 31.0. The van der Waals surface area contributed by atoms with Gasteiger partial charge >= 0.3 is 11.9 Å². The molecule has 0 saturated heterocycles. The first kappa shape index (κ1) is 19.7. The fraction of sp³-hybridized carbons (Fsp3) is 0.556. The van der Waals surface area contributed by atoms with Crippen LogP contribution in [0.4, 0.5) is 0 Å². The van der Waals surface area contributed by atoms with Gasteiger partial charge in [-0.25, -0.2) is 9.97 Å². The third kappa shape index (κ3) is 8.46. The van der Waals surface area contributed by atoms with E-state index in [1.54, 1.807) is 25.0 Å². The highest BCUT2D eigenvalue weighted by Gasteiger charge is 2.04. The van der Waals surface area contributed by atoms with Gasteiger partial charge in [0.2, 0.25) is 0 Å². The molecule has 0 saturated carbocycles. The highest BCUT2D eigenvalue weighted by atomic mass is 16.5. The van der Waals surface area contributed by atoms with E-state index in [1.807, 2.05) is 21.5 Å². The van der Waals surface area contributed by atoms with Gasteiger partial charge in [0.25, 0.3) is 0 Å². The Bertz CT molecular complexity index is 569. The van der Waals surface area contributed by atoms with Gasteiger partial charge in [0.15, 0.2) is 0 Å². The third-order valence-corrected chi connectivity index (χ3v) is 3.83. The van der Waals surface area contributed by atoms with E-state index >= 15 is 0 Å². The Labute approximate surface area is 153 Å². The molecule has 2 rings (SSSR count). The maximum Gasteiger partial charge on any atom is 0.307 e. The quantitative estimate of drug-likeness (QED) is 0.401. The van der Waals surface area contributed by atoms with E-state index in [0.717, 1.165) is 25.7 Å². The zero-order valence-electron chi connectivity index (χ0n) is 15.0. The molecule has 8 heteroatoms. The van der Waals surface area contributed by atoms with Gasteiger partial charge < -0.3 is 18.6 Å². The van der Waals surface area contributed by atoms with E-state index in [1.165, 1.54) is 0 Å². The molecule has 0 amide bonds. The van der Waals surface area contributed by atoms with Crippen molar-refractivity contribution < 1.29 is 19.1 Å². The Morgan fingerprint density at radius 2 is 1.19 bits per heavy atom. The van der Waals surface area contributed by atoms with Crippen LogP contribution in [0.15, 0.2) is 37.4 Å². The number of esters is 2. The summed E-state index contributed by atoms with van der Waals surface area (Å²) in [5.41, 5.74) is 0. The molecule has 0 N–H and O–H groups in total. The van der Waals surface area contributed by atoms with Crippen LogP contribution in [-0.4, -0.2) is 44.3 Å². The number of nitrogens with zero attached hydrogens (tertiary/aromatic N) is 4. The number of aromatic nitrogens is 4. The second-order valence-corrected chi connectivity index (χ2v) is 5.96. The van der Waals surface area contributed by atoms with E-state index in [-0.39, 0.29) is 11.9 Å². The largest absolute Gasteiger partial charge is 0.466 e. The molecule has 0 radical (unpaired) electrons. The van der Waals surface area contributed by atoms with E-state index < -0.39 is 0 Å². The van der Waals surface area contributed by atoms with Crippen molar-refractivity contribution in [2.75, 3.05) is 13.2 Å². The van der Waals surface area contributed by atoms with Crippen LogP contribution in [0.25, 0.3) is 0 Å². The summed E-state index contributed by atoms with van der Waals surface area (Å²) in [7, 11) is 0. The van der Waals surface area contributed by atoms with E-state index in [9.17, 15) is 9.59 Å². The predicted molar refractivity (Wildman–Crippen MR) is 94.1 cm³/mol. The van der Waals surface area contributed by atoms with Gasteiger partial charge in [0, 0.05) is 37.9 Å².